The number of nitriles is 1. The molecule has 3 aromatic carbocycles. The predicted octanol–water partition coefficient (Wildman–Crippen LogP) is 4.74. The van der Waals surface area contributed by atoms with E-state index in [1.807, 2.05) is 36.4 Å². The molecule has 0 saturated carbocycles. The van der Waals surface area contributed by atoms with Crippen molar-refractivity contribution in [2.24, 2.45) is 0 Å². The molecule has 1 heterocycles. The van der Waals surface area contributed by atoms with Crippen LogP contribution in [0.4, 0.5) is 5.69 Å². The average molecular weight is 357 g/mol. The van der Waals surface area contributed by atoms with E-state index >= 15 is 0 Å². The molecule has 136 valence electrons. The van der Waals surface area contributed by atoms with Crippen LogP contribution in [0.5, 0.6) is 5.75 Å². The molecule has 4 rings (SSSR count). The van der Waals surface area contributed by atoms with Crippen LogP contribution in [0.25, 0.3) is 10.8 Å². The molecule has 4 heteroatoms. The van der Waals surface area contributed by atoms with Gasteiger partial charge in [0.15, 0.2) is 0 Å². The molecule has 1 aliphatic rings. The van der Waals surface area contributed by atoms with Crippen molar-refractivity contribution in [1.29, 1.82) is 5.26 Å². The molecule has 0 aliphatic carbocycles. The topological polar surface area (TPSA) is 39.5 Å². The fraction of sp³-hybridized carbons (Fsp3) is 0.261. The second kappa shape index (κ2) is 7.69. The highest BCUT2D eigenvalue weighted by atomic mass is 16.5. The van der Waals surface area contributed by atoms with E-state index in [2.05, 4.69) is 40.4 Å². The lowest BCUT2D eigenvalue weighted by Crippen LogP contribution is -2.47. The minimum Gasteiger partial charge on any atom is -0.497 e. The molecule has 27 heavy (non-hydrogen) atoms. The van der Waals surface area contributed by atoms with Crippen LogP contribution in [-0.4, -0.2) is 25.2 Å². The van der Waals surface area contributed by atoms with Crippen molar-refractivity contribution >= 4 is 16.5 Å². The third kappa shape index (κ3) is 3.47. The van der Waals surface area contributed by atoms with Gasteiger partial charge in [0, 0.05) is 30.4 Å². The third-order valence-corrected chi connectivity index (χ3v) is 5.18. The SMILES string of the molecule is COc1cccc(CN2CCCCN2c2ccc(C#N)c3ccccc23)c1. The van der Waals surface area contributed by atoms with Gasteiger partial charge in [-0.2, -0.15) is 5.26 Å². The van der Waals surface area contributed by atoms with Gasteiger partial charge < -0.3 is 9.75 Å². The lowest BCUT2D eigenvalue weighted by Gasteiger charge is -2.41. The van der Waals surface area contributed by atoms with Crippen molar-refractivity contribution < 1.29 is 4.74 Å². The van der Waals surface area contributed by atoms with Gasteiger partial charge >= 0.3 is 0 Å². The predicted molar refractivity (Wildman–Crippen MR) is 109 cm³/mol. The summed E-state index contributed by atoms with van der Waals surface area (Å²) in [5.41, 5.74) is 3.14. The fourth-order valence-electron chi connectivity index (χ4n) is 3.84. The smallest absolute Gasteiger partial charge is 0.119 e. The second-order valence-electron chi connectivity index (χ2n) is 6.86. The molecule has 0 spiro atoms. The van der Waals surface area contributed by atoms with E-state index in [1.54, 1.807) is 7.11 Å². The van der Waals surface area contributed by atoms with Crippen LogP contribution in [0.1, 0.15) is 24.0 Å². The second-order valence-corrected chi connectivity index (χ2v) is 6.86. The van der Waals surface area contributed by atoms with E-state index < -0.39 is 0 Å². The Kier molecular flexibility index (Phi) is 4.95. The summed E-state index contributed by atoms with van der Waals surface area (Å²) in [4.78, 5) is 0. The molecule has 0 aromatic heterocycles. The Morgan fingerprint density at radius 1 is 0.963 bits per heavy atom. The Balaban J connectivity index is 1.71. The number of hydrogen-bond donors (Lipinski definition) is 0. The van der Waals surface area contributed by atoms with Gasteiger partial charge in [0.05, 0.1) is 24.4 Å². The van der Waals surface area contributed by atoms with Crippen LogP contribution in [0.15, 0.2) is 60.7 Å². The lowest BCUT2D eigenvalue weighted by molar-refractivity contribution is 0.204. The molecule has 0 N–H and O–H groups in total. The van der Waals surface area contributed by atoms with Crippen molar-refractivity contribution in [1.82, 2.24) is 5.01 Å². The average Bonchev–Trinajstić information content (AvgIpc) is 2.73. The summed E-state index contributed by atoms with van der Waals surface area (Å²) in [7, 11) is 1.70. The standard InChI is InChI=1S/C23H23N3O/c1-27-20-8-6-7-18(15-20)17-25-13-4-5-14-26(25)23-12-11-19(16-24)21-9-2-3-10-22(21)23/h2-3,6-12,15H,4-5,13-14,17H2,1H3. The molecule has 0 bridgehead atoms. The zero-order chi connectivity index (χ0) is 18.6. The molecule has 0 unspecified atom stereocenters. The van der Waals surface area contributed by atoms with Crippen LogP contribution < -0.4 is 9.75 Å². The van der Waals surface area contributed by atoms with Crippen LogP contribution in [0.3, 0.4) is 0 Å². The molecule has 0 atom stereocenters. The van der Waals surface area contributed by atoms with Crippen molar-refractivity contribution in [2.75, 3.05) is 25.2 Å². The molecule has 4 nitrogen and oxygen atoms in total. The first kappa shape index (κ1) is 17.4. The minimum absolute atomic E-state index is 0.728. The molecule has 0 radical (unpaired) electrons. The summed E-state index contributed by atoms with van der Waals surface area (Å²) in [6, 6.07) is 22.8. The highest BCUT2D eigenvalue weighted by Gasteiger charge is 2.22. The van der Waals surface area contributed by atoms with Crippen LogP contribution >= 0.6 is 0 Å². The Morgan fingerprint density at radius 3 is 2.59 bits per heavy atom. The maximum Gasteiger partial charge on any atom is 0.119 e. The number of benzene rings is 3. The van der Waals surface area contributed by atoms with E-state index in [0.717, 1.165) is 41.7 Å². The van der Waals surface area contributed by atoms with Crippen molar-refractivity contribution in [2.45, 2.75) is 19.4 Å². The number of fused-ring (bicyclic) bond motifs is 1. The first-order valence-electron chi connectivity index (χ1n) is 9.37. The van der Waals surface area contributed by atoms with E-state index in [4.69, 9.17) is 4.74 Å². The van der Waals surface area contributed by atoms with Gasteiger partial charge in [-0.15, -0.1) is 0 Å². The maximum absolute atomic E-state index is 9.45. The van der Waals surface area contributed by atoms with Gasteiger partial charge in [-0.3, -0.25) is 0 Å². The Morgan fingerprint density at radius 2 is 1.78 bits per heavy atom. The van der Waals surface area contributed by atoms with Crippen molar-refractivity contribution in [3.8, 4) is 11.8 Å². The number of rotatable bonds is 4. The maximum atomic E-state index is 9.45. The van der Waals surface area contributed by atoms with Gasteiger partial charge in [0.1, 0.15) is 5.75 Å². The number of hydrazine groups is 1. The van der Waals surface area contributed by atoms with Gasteiger partial charge in [-0.1, -0.05) is 36.4 Å². The fourth-order valence-corrected chi connectivity index (χ4v) is 3.84. The van der Waals surface area contributed by atoms with Gasteiger partial charge in [-0.05, 0) is 42.7 Å². The summed E-state index contributed by atoms with van der Waals surface area (Å²) >= 11 is 0. The van der Waals surface area contributed by atoms with Crippen molar-refractivity contribution in [3.05, 3.63) is 71.8 Å². The lowest BCUT2D eigenvalue weighted by atomic mass is 10.0. The summed E-state index contributed by atoms with van der Waals surface area (Å²) < 4.78 is 5.38. The van der Waals surface area contributed by atoms with Crippen LogP contribution in [0, 0.1) is 11.3 Å². The largest absolute Gasteiger partial charge is 0.497 e. The number of ether oxygens (including phenoxy) is 1. The zero-order valence-electron chi connectivity index (χ0n) is 15.6. The number of hydrogen-bond acceptors (Lipinski definition) is 4. The molecule has 1 fully saturated rings. The first-order chi connectivity index (χ1) is 13.3. The Hall–Kier alpha value is -3.03. The third-order valence-electron chi connectivity index (χ3n) is 5.18. The van der Waals surface area contributed by atoms with Crippen molar-refractivity contribution in [3.63, 3.8) is 0 Å². The van der Waals surface area contributed by atoms with E-state index in [9.17, 15) is 5.26 Å². The van der Waals surface area contributed by atoms with E-state index in [0.29, 0.717) is 0 Å². The summed E-state index contributed by atoms with van der Waals surface area (Å²) in [6.07, 6.45) is 2.36. The molecular weight excluding hydrogens is 334 g/mol. The number of anilines is 1. The van der Waals surface area contributed by atoms with E-state index in [1.165, 1.54) is 24.1 Å². The van der Waals surface area contributed by atoms with Crippen LogP contribution in [0.2, 0.25) is 0 Å². The highest BCUT2D eigenvalue weighted by molar-refractivity contribution is 5.97. The first-order valence-corrected chi connectivity index (χ1v) is 9.37. The molecule has 1 saturated heterocycles. The summed E-state index contributed by atoms with van der Waals surface area (Å²) in [5.74, 6) is 0.889. The molecular formula is C23H23N3O. The minimum atomic E-state index is 0.728. The normalized spacial score (nSPS) is 14.9. The van der Waals surface area contributed by atoms with Crippen LogP contribution in [-0.2, 0) is 6.54 Å². The number of methoxy groups -OCH3 is 1. The Bertz CT molecular complexity index is 992. The summed E-state index contributed by atoms with van der Waals surface area (Å²) in [6.45, 7) is 2.84. The monoisotopic (exact) mass is 357 g/mol. The molecule has 1 aliphatic heterocycles. The molecule has 3 aromatic rings. The van der Waals surface area contributed by atoms with Gasteiger partial charge in [0.2, 0.25) is 0 Å². The zero-order valence-corrected chi connectivity index (χ0v) is 15.6. The van der Waals surface area contributed by atoms with Gasteiger partial charge in [0.25, 0.3) is 0 Å². The van der Waals surface area contributed by atoms with E-state index in [-0.39, 0.29) is 0 Å². The highest BCUT2D eigenvalue weighted by Crippen LogP contribution is 2.32. The molecule has 0 amide bonds. The number of nitrogens with zero attached hydrogens (tertiary/aromatic N) is 3. The van der Waals surface area contributed by atoms with Gasteiger partial charge in [-0.25, -0.2) is 5.01 Å². The summed E-state index contributed by atoms with van der Waals surface area (Å²) in [5, 5.41) is 16.4. The quantitative estimate of drug-likeness (QED) is 0.676. The Labute approximate surface area is 160 Å².